The Morgan fingerprint density at radius 2 is 2.18 bits per heavy atom. The molecular formula is C14H14FN3O4. The van der Waals surface area contributed by atoms with Gasteiger partial charge in [-0.25, -0.2) is 9.18 Å². The minimum Gasteiger partial charge on any atom is -0.462 e. The number of halogens is 1. The third-order valence-electron chi connectivity index (χ3n) is 3.03. The number of aromatic nitrogens is 2. The van der Waals surface area contributed by atoms with Crippen molar-refractivity contribution in [1.82, 2.24) is 9.78 Å². The number of ether oxygens (including phenoxy) is 1. The number of benzene rings is 1. The number of hydrogen-bond donors (Lipinski definition) is 0. The van der Waals surface area contributed by atoms with Gasteiger partial charge in [0, 0.05) is 29.9 Å². The van der Waals surface area contributed by atoms with Gasteiger partial charge in [0.25, 0.3) is 5.69 Å². The Morgan fingerprint density at radius 1 is 1.45 bits per heavy atom. The molecule has 0 aliphatic carbocycles. The quantitative estimate of drug-likeness (QED) is 0.481. The average Bonchev–Trinajstić information content (AvgIpc) is 2.95. The van der Waals surface area contributed by atoms with Crippen LogP contribution in [0.25, 0.3) is 11.1 Å². The molecule has 1 aromatic heterocycles. The van der Waals surface area contributed by atoms with E-state index in [1.54, 1.807) is 17.8 Å². The van der Waals surface area contributed by atoms with E-state index in [9.17, 15) is 19.3 Å². The molecule has 2 aromatic rings. The van der Waals surface area contributed by atoms with E-state index in [4.69, 9.17) is 4.74 Å². The van der Waals surface area contributed by atoms with Crippen LogP contribution < -0.4 is 0 Å². The maximum absolute atomic E-state index is 14.3. The van der Waals surface area contributed by atoms with Crippen molar-refractivity contribution in [3.63, 3.8) is 0 Å². The Bertz CT molecular complexity index is 727. The number of nitro groups is 1. The lowest BCUT2D eigenvalue weighted by Crippen LogP contribution is -2.08. The van der Waals surface area contributed by atoms with E-state index >= 15 is 0 Å². The van der Waals surface area contributed by atoms with Crippen LogP contribution in [0.4, 0.5) is 10.1 Å². The van der Waals surface area contributed by atoms with Gasteiger partial charge < -0.3 is 4.74 Å². The van der Waals surface area contributed by atoms with Gasteiger partial charge in [0.1, 0.15) is 5.82 Å². The van der Waals surface area contributed by atoms with Crippen LogP contribution in [0.5, 0.6) is 0 Å². The second kappa shape index (κ2) is 6.33. The molecule has 0 radical (unpaired) electrons. The number of nitro benzene ring substituents is 1. The predicted molar refractivity (Wildman–Crippen MR) is 75.9 cm³/mol. The first-order chi connectivity index (χ1) is 10.5. The van der Waals surface area contributed by atoms with E-state index in [-0.39, 0.29) is 17.7 Å². The Hall–Kier alpha value is -2.77. The maximum Gasteiger partial charge on any atom is 0.339 e. The molecule has 8 heteroatoms. The normalized spacial score (nSPS) is 10.5. The summed E-state index contributed by atoms with van der Waals surface area (Å²) < 4.78 is 20.7. The SMILES string of the molecule is CCOC(=O)c1cc([N+](=O)[O-])cc(F)c1-c1cnn(CC)c1. The highest BCUT2D eigenvalue weighted by atomic mass is 19.1. The summed E-state index contributed by atoms with van der Waals surface area (Å²) in [5, 5.41) is 14.9. The first-order valence-electron chi connectivity index (χ1n) is 6.65. The van der Waals surface area contributed by atoms with Gasteiger partial charge in [-0.3, -0.25) is 14.8 Å². The topological polar surface area (TPSA) is 87.3 Å². The molecule has 0 saturated heterocycles. The van der Waals surface area contributed by atoms with E-state index in [2.05, 4.69) is 5.10 Å². The zero-order chi connectivity index (χ0) is 16.3. The van der Waals surface area contributed by atoms with E-state index in [1.807, 2.05) is 6.92 Å². The van der Waals surface area contributed by atoms with Gasteiger partial charge in [0.05, 0.1) is 29.4 Å². The molecular weight excluding hydrogens is 293 g/mol. The van der Waals surface area contributed by atoms with E-state index in [1.165, 1.54) is 6.20 Å². The highest BCUT2D eigenvalue weighted by Gasteiger charge is 2.24. The van der Waals surface area contributed by atoms with Crippen molar-refractivity contribution in [2.45, 2.75) is 20.4 Å². The molecule has 0 aliphatic heterocycles. The molecule has 116 valence electrons. The maximum atomic E-state index is 14.3. The molecule has 0 bridgehead atoms. The number of esters is 1. The minimum absolute atomic E-state index is 0.0521. The van der Waals surface area contributed by atoms with Crippen LogP contribution in [0.15, 0.2) is 24.5 Å². The predicted octanol–water partition coefficient (Wildman–Crippen LogP) is 2.79. The van der Waals surface area contributed by atoms with Crippen molar-refractivity contribution in [1.29, 1.82) is 0 Å². The van der Waals surface area contributed by atoms with Crippen LogP contribution in [-0.4, -0.2) is 27.3 Å². The van der Waals surface area contributed by atoms with E-state index < -0.39 is 22.4 Å². The van der Waals surface area contributed by atoms with Gasteiger partial charge in [-0.2, -0.15) is 5.10 Å². The van der Waals surface area contributed by atoms with Gasteiger partial charge in [-0.15, -0.1) is 0 Å². The Morgan fingerprint density at radius 3 is 2.73 bits per heavy atom. The zero-order valence-electron chi connectivity index (χ0n) is 12.1. The number of aryl methyl sites for hydroxylation is 1. The molecule has 22 heavy (non-hydrogen) atoms. The second-order valence-electron chi connectivity index (χ2n) is 4.41. The average molecular weight is 307 g/mol. The Labute approximate surface area is 125 Å². The monoisotopic (exact) mass is 307 g/mol. The third kappa shape index (κ3) is 2.95. The molecule has 1 aromatic carbocycles. The number of rotatable bonds is 5. The molecule has 0 spiro atoms. The van der Waals surface area contributed by atoms with Crippen LogP contribution in [0.1, 0.15) is 24.2 Å². The first kappa shape index (κ1) is 15.6. The lowest BCUT2D eigenvalue weighted by atomic mass is 10.0. The molecule has 2 rings (SSSR count). The van der Waals surface area contributed by atoms with Crippen LogP contribution in [0, 0.1) is 15.9 Å². The van der Waals surface area contributed by atoms with Crippen molar-refractivity contribution < 1.29 is 18.8 Å². The van der Waals surface area contributed by atoms with Gasteiger partial charge in [-0.05, 0) is 13.8 Å². The summed E-state index contributed by atoms with van der Waals surface area (Å²) in [5.41, 5.74) is -0.391. The van der Waals surface area contributed by atoms with Crippen molar-refractivity contribution >= 4 is 11.7 Å². The third-order valence-corrected chi connectivity index (χ3v) is 3.03. The largest absolute Gasteiger partial charge is 0.462 e. The molecule has 0 N–H and O–H groups in total. The zero-order valence-corrected chi connectivity index (χ0v) is 12.1. The summed E-state index contributed by atoms with van der Waals surface area (Å²) in [5.74, 6) is -1.68. The Balaban J connectivity index is 2.64. The second-order valence-corrected chi connectivity index (χ2v) is 4.41. The fraction of sp³-hybridized carbons (Fsp3) is 0.286. The van der Waals surface area contributed by atoms with Crippen molar-refractivity contribution in [3.05, 3.63) is 46.0 Å². The standard InChI is InChI=1S/C14H14FN3O4/c1-3-17-8-9(7-16-17)13-11(14(19)22-4-2)5-10(18(20)21)6-12(13)15/h5-8H,3-4H2,1-2H3. The molecule has 0 amide bonds. The molecule has 7 nitrogen and oxygen atoms in total. The highest BCUT2D eigenvalue weighted by Crippen LogP contribution is 2.31. The molecule has 0 atom stereocenters. The number of carbonyl (C=O) groups is 1. The molecule has 0 aliphatic rings. The Kier molecular flexibility index (Phi) is 4.50. The fourth-order valence-corrected chi connectivity index (χ4v) is 2.03. The van der Waals surface area contributed by atoms with Crippen molar-refractivity contribution in [2.24, 2.45) is 0 Å². The smallest absolute Gasteiger partial charge is 0.339 e. The summed E-state index contributed by atoms with van der Waals surface area (Å²) in [6.45, 7) is 4.11. The number of nitrogens with zero attached hydrogens (tertiary/aromatic N) is 3. The molecule has 0 unspecified atom stereocenters. The van der Waals surface area contributed by atoms with Crippen molar-refractivity contribution in [2.75, 3.05) is 6.61 Å². The van der Waals surface area contributed by atoms with Crippen LogP contribution in [0.3, 0.4) is 0 Å². The first-order valence-corrected chi connectivity index (χ1v) is 6.65. The van der Waals surface area contributed by atoms with Gasteiger partial charge in [0.2, 0.25) is 0 Å². The molecule has 0 fully saturated rings. The highest BCUT2D eigenvalue weighted by molar-refractivity contribution is 5.98. The van der Waals surface area contributed by atoms with Crippen LogP contribution in [-0.2, 0) is 11.3 Å². The summed E-state index contributed by atoms with van der Waals surface area (Å²) in [4.78, 5) is 22.1. The van der Waals surface area contributed by atoms with Gasteiger partial charge in [0.15, 0.2) is 0 Å². The molecule has 1 heterocycles. The lowest BCUT2D eigenvalue weighted by molar-refractivity contribution is -0.385. The number of hydrogen-bond acceptors (Lipinski definition) is 5. The van der Waals surface area contributed by atoms with E-state index in [0.717, 1.165) is 12.1 Å². The minimum atomic E-state index is -0.868. The van der Waals surface area contributed by atoms with Crippen LogP contribution >= 0.6 is 0 Å². The van der Waals surface area contributed by atoms with E-state index in [0.29, 0.717) is 12.1 Å². The summed E-state index contributed by atoms with van der Waals surface area (Å²) >= 11 is 0. The number of non-ortho nitro benzene ring substituents is 1. The van der Waals surface area contributed by atoms with Crippen LogP contribution in [0.2, 0.25) is 0 Å². The summed E-state index contributed by atoms with van der Waals surface area (Å²) in [7, 11) is 0. The molecule has 0 saturated carbocycles. The summed E-state index contributed by atoms with van der Waals surface area (Å²) in [6, 6.07) is 1.79. The van der Waals surface area contributed by atoms with Crippen molar-refractivity contribution in [3.8, 4) is 11.1 Å². The number of carbonyl (C=O) groups excluding carboxylic acids is 1. The fourth-order valence-electron chi connectivity index (χ4n) is 2.03. The lowest BCUT2D eigenvalue weighted by Gasteiger charge is -2.08. The van der Waals surface area contributed by atoms with Gasteiger partial charge >= 0.3 is 5.97 Å². The summed E-state index contributed by atoms with van der Waals surface area (Å²) in [6.07, 6.45) is 2.96. The van der Waals surface area contributed by atoms with Gasteiger partial charge in [-0.1, -0.05) is 0 Å².